The van der Waals surface area contributed by atoms with Crippen LogP contribution in [0.3, 0.4) is 0 Å². The van der Waals surface area contributed by atoms with Gasteiger partial charge < -0.3 is 19.7 Å². The number of halogens is 1. The Bertz CT molecular complexity index is 1680. The molecular formula is C35H38FN3O6S. The lowest BCUT2D eigenvalue weighted by molar-refractivity contribution is -0.143. The first-order chi connectivity index (χ1) is 22.1. The van der Waals surface area contributed by atoms with Gasteiger partial charge in [-0.15, -0.1) is 0 Å². The number of carbonyl (C=O) groups excluding carboxylic acids is 2. The first kappa shape index (κ1) is 34.0. The Kier molecular flexibility index (Phi) is 11.7. The number of nitrogens with zero attached hydrogens (tertiary/aromatic N) is 1. The Balaban J connectivity index is 1.54. The average Bonchev–Trinajstić information content (AvgIpc) is 3.05. The fourth-order valence-corrected chi connectivity index (χ4v) is 5.67. The zero-order valence-electron chi connectivity index (χ0n) is 26.0. The molecular weight excluding hydrogens is 609 g/mol. The van der Waals surface area contributed by atoms with Crippen molar-refractivity contribution in [1.29, 1.82) is 0 Å². The summed E-state index contributed by atoms with van der Waals surface area (Å²) in [7, 11) is -2.38. The van der Waals surface area contributed by atoms with Gasteiger partial charge in [0.15, 0.2) is 6.61 Å². The molecule has 0 bridgehead atoms. The number of sulfonamides is 1. The molecule has 0 saturated carbocycles. The molecule has 0 aliphatic rings. The second-order valence-corrected chi connectivity index (χ2v) is 12.7. The van der Waals surface area contributed by atoms with Crippen LogP contribution in [0.1, 0.15) is 37.4 Å². The van der Waals surface area contributed by atoms with Gasteiger partial charge in [-0.1, -0.05) is 56.3 Å². The van der Waals surface area contributed by atoms with Gasteiger partial charge in [-0.25, -0.2) is 12.8 Å². The van der Waals surface area contributed by atoms with Crippen LogP contribution in [0.15, 0.2) is 108 Å². The molecule has 0 spiro atoms. The number of anilines is 1. The first-order valence-electron chi connectivity index (χ1n) is 14.8. The smallest absolute Gasteiger partial charge is 0.261 e. The number of hydrogen-bond acceptors (Lipinski definition) is 6. The number of nitrogens with one attached hydrogen (secondary N) is 2. The molecule has 9 nitrogen and oxygen atoms in total. The molecule has 0 aliphatic carbocycles. The Morgan fingerprint density at radius 1 is 0.848 bits per heavy atom. The van der Waals surface area contributed by atoms with E-state index in [1.54, 1.807) is 31.4 Å². The van der Waals surface area contributed by atoms with E-state index in [2.05, 4.69) is 23.9 Å². The lowest BCUT2D eigenvalue weighted by atomic mass is 10.0. The standard InChI is InChI=1S/C35H38FN3O6S/c1-25(2)21-22-37-35(41)34(27-7-5-4-6-8-27)39(23-26-9-15-30(44-3)16-10-26)33(40)24-45-31-17-19-32(20-18-31)46(42,43)38-29-13-11-28(36)12-14-29/h4-20,25,34,38H,21-24H2,1-3H3,(H,37,41)/t34-/m1/s1. The van der Waals surface area contributed by atoms with Gasteiger partial charge in [0.25, 0.3) is 15.9 Å². The van der Waals surface area contributed by atoms with E-state index >= 15 is 0 Å². The molecule has 2 N–H and O–H groups in total. The number of hydrogen-bond donors (Lipinski definition) is 2. The van der Waals surface area contributed by atoms with E-state index in [-0.39, 0.29) is 28.8 Å². The van der Waals surface area contributed by atoms with Gasteiger partial charge in [0.2, 0.25) is 5.91 Å². The maximum Gasteiger partial charge on any atom is 0.261 e. The second-order valence-electron chi connectivity index (χ2n) is 11.0. The quantitative estimate of drug-likeness (QED) is 0.165. The van der Waals surface area contributed by atoms with Gasteiger partial charge in [0.05, 0.1) is 12.0 Å². The molecule has 242 valence electrons. The van der Waals surface area contributed by atoms with Gasteiger partial charge >= 0.3 is 0 Å². The highest BCUT2D eigenvalue weighted by Crippen LogP contribution is 2.26. The number of rotatable bonds is 15. The number of benzene rings is 4. The number of amides is 2. The van der Waals surface area contributed by atoms with Crippen molar-refractivity contribution in [2.24, 2.45) is 5.92 Å². The number of methoxy groups -OCH3 is 1. The summed E-state index contributed by atoms with van der Waals surface area (Å²) in [5.74, 6) is 0.0742. The Hall–Kier alpha value is -4.90. The third kappa shape index (κ3) is 9.55. The summed E-state index contributed by atoms with van der Waals surface area (Å²) in [5.41, 5.74) is 1.65. The Morgan fingerprint density at radius 3 is 2.09 bits per heavy atom. The Morgan fingerprint density at radius 2 is 1.48 bits per heavy atom. The van der Waals surface area contributed by atoms with E-state index in [0.717, 1.165) is 24.1 Å². The highest BCUT2D eigenvalue weighted by atomic mass is 32.2. The summed E-state index contributed by atoms with van der Waals surface area (Å²) in [6.45, 7) is 4.32. The van der Waals surface area contributed by atoms with Gasteiger partial charge in [0.1, 0.15) is 23.4 Å². The summed E-state index contributed by atoms with van der Waals surface area (Å²) in [6.07, 6.45) is 0.786. The second kappa shape index (κ2) is 15.9. The molecule has 0 unspecified atom stereocenters. The van der Waals surface area contributed by atoms with Crippen LogP contribution in [0.2, 0.25) is 0 Å². The maximum atomic E-state index is 13.9. The summed E-state index contributed by atoms with van der Waals surface area (Å²) in [4.78, 5) is 29.0. The van der Waals surface area contributed by atoms with Gasteiger partial charge in [-0.05, 0) is 84.1 Å². The maximum absolute atomic E-state index is 13.9. The molecule has 2 amide bonds. The van der Waals surface area contributed by atoms with E-state index in [9.17, 15) is 22.4 Å². The average molecular weight is 648 g/mol. The third-order valence-electron chi connectivity index (χ3n) is 7.12. The lowest BCUT2D eigenvalue weighted by Gasteiger charge is -2.31. The van der Waals surface area contributed by atoms with Gasteiger partial charge in [-0.2, -0.15) is 0 Å². The largest absolute Gasteiger partial charge is 0.497 e. The van der Waals surface area contributed by atoms with Crippen LogP contribution in [-0.4, -0.2) is 45.4 Å². The van der Waals surface area contributed by atoms with Crippen molar-refractivity contribution in [2.45, 2.75) is 37.8 Å². The fourth-order valence-electron chi connectivity index (χ4n) is 4.62. The van der Waals surface area contributed by atoms with Crippen LogP contribution in [0.25, 0.3) is 0 Å². The number of ether oxygens (including phenoxy) is 2. The zero-order valence-corrected chi connectivity index (χ0v) is 26.8. The minimum atomic E-state index is -3.95. The molecule has 4 aromatic carbocycles. The summed E-state index contributed by atoms with van der Waals surface area (Å²) in [6, 6.07) is 25.9. The molecule has 0 radical (unpaired) electrons. The van der Waals surface area contributed by atoms with Gasteiger partial charge in [0, 0.05) is 18.8 Å². The molecule has 11 heteroatoms. The Labute approximate surface area is 269 Å². The highest BCUT2D eigenvalue weighted by molar-refractivity contribution is 7.92. The van der Waals surface area contributed by atoms with Crippen LogP contribution >= 0.6 is 0 Å². The first-order valence-corrected chi connectivity index (χ1v) is 16.3. The molecule has 1 atom stereocenters. The summed E-state index contributed by atoms with van der Waals surface area (Å²) >= 11 is 0. The molecule has 0 fully saturated rings. The van der Waals surface area contributed by atoms with Crippen molar-refractivity contribution in [3.8, 4) is 11.5 Å². The van der Waals surface area contributed by atoms with Crippen LogP contribution < -0.4 is 19.5 Å². The molecule has 0 heterocycles. The topological polar surface area (TPSA) is 114 Å². The number of carbonyl (C=O) groups is 2. The van der Waals surface area contributed by atoms with Gasteiger partial charge in [-0.3, -0.25) is 14.3 Å². The van der Waals surface area contributed by atoms with Crippen molar-refractivity contribution in [3.63, 3.8) is 0 Å². The molecule has 4 rings (SSSR count). The SMILES string of the molecule is COc1ccc(CN(C(=O)COc2ccc(S(=O)(=O)Nc3ccc(F)cc3)cc2)[C@@H](C(=O)NCCC(C)C)c2ccccc2)cc1. The molecule has 4 aromatic rings. The van der Waals surface area contributed by atoms with Crippen LogP contribution in [0, 0.1) is 11.7 Å². The van der Waals surface area contributed by atoms with E-state index in [0.29, 0.717) is 23.8 Å². The minimum Gasteiger partial charge on any atom is -0.497 e. The van der Waals surface area contributed by atoms with Crippen LogP contribution in [0.4, 0.5) is 10.1 Å². The monoisotopic (exact) mass is 647 g/mol. The zero-order chi connectivity index (χ0) is 33.1. The van der Waals surface area contributed by atoms with Crippen molar-refractivity contribution in [2.75, 3.05) is 25.0 Å². The van der Waals surface area contributed by atoms with Crippen LogP contribution in [-0.2, 0) is 26.2 Å². The molecule has 0 saturated heterocycles. The lowest BCUT2D eigenvalue weighted by Crippen LogP contribution is -2.45. The molecule has 0 aromatic heterocycles. The van der Waals surface area contributed by atoms with Crippen molar-refractivity contribution in [3.05, 3.63) is 120 Å². The van der Waals surface area contributed by atoms with Crippen molar-refractivity contribution < 1.29 is 31.9 Å². The minimum absolute atomic E-state index is 0.0427. The van der Waals surface area contributed by atoms with E-state index < -0.39 is 34.4 Å². The van der Waals surface area contributed by atoms with Crippen molar-refractivity contribution in [1.82, 2.24) is 10.2 Å². The third-order valence-corrected chi connectivity index (χ3v) is 8.52. The van der Waals surface area contributed by atoms with E-state index in [4.69, 9.17) is 9.47 Å². The predicted octanol–water partition coefficient (Wildman–Crippen LogP) is 5.95. The molecule has 46 heavy (non-hydrogen) atoms. The van der Waals surface area contributed by atoms with E-state index in [1.165, 1.54) is 41.3 Å². The normalized spacial score (nSPS) is 11.8. The fraction of sp³-hybridized carbons (Fsp3) is 0.257. The summed E-state index contributed by atoms with van der Waals surface area (Å²) < 4.78 is 52.3. The predicted molar refractivity (Wildman–Crippen MR) is 174 cm³/mol. The van der Waals surface area contributed by atoms with Crippen LogP contribution in [0.5, 0.6) is 11.5 Å². The van der Waals surface area contributed by atoms with Crippen molar-refractivity contribution >= 4 is 27.5 Å². The van der Waals surface area contributed by atoms with E-state index in [1.807, 2.05) is 30.3 Å². The molecule has 0 aliphatic heterocycles. The summed E-state index contributed by atoms with van der Waals surface area (Å²) in [5, 5.41) is 2.99. The highest BCUT2D eigenvalue weighted by Gasteiger charge is 2.32.